The van der Waals surface area contributed by atoms with E-state index in [0.717, 1.165) is 63.8 Å². The molecule has 1 atom stereocenters. The van der Waals surface area contributed by atoms with Crippen LogP contribution in [0.1, 0.15) is 53.7 Å². The maximum atomic E-state index is 13.4. The molecule has 2 fully saturated rings. The SMILES string of the molecule is O=C1N[C@@H](Cc2ccccc2)CN(C(=O)C2CC2)c2cn(CCC3CCN(Cc4cccc5cnccc45)CC3)nc21. The van der Waals surface area contributed by atoms with Crippen LogP contribution in [0, 0.1) is 11.8 Å². The Bertz CT molecular complexity index is 1570. The van der Waals surface area contributed by atoms with Crippen LogP contribution in [0.3, 0.4) is 0 Å². The van der Waals surface area contributed by atoms with Crippen molar-refractivity contribution in [3.8, 4) is 0 Å². The molecule has 4 aromatic rings. The molecular weight excluding hydrogens is 524 g/mol. The van der Waals surface area contributed by atoms with Gasteiger partial charge in [0.1, 0.15) is 0 Å². The summed E-state index contributed by atoms with van der Waals surface area (Å²) in [5.41, 5.74) is 3.55. The molecule has 0 bridgehead atoms. The van der Waals surface area contributed by atoms with Crippen LogP contribution in [0.25, 0.3) is 10.8 Å². The fourth-order valence-corrected chi connectivity index (χ4v) is 6.59. The molecule has 216 valence electrons. The Morgan fingerprint density at radius 2 is 1.81 bits per heavy atom. The summed E-state index contributed by atoms with van der Waals surface area (Å²) in [7, 11) is 0. The van der Waals surface area contributed by atoms with Crippen molar-refractivity contribution >= 4 is 28.3 Å². The van der Waals surface area contributed by atoms with E-state index in [-0.39, 0.29) is 23.8 Å². The number of rotatable bonds is 8. The lowest BCUT2D eigenvalue weighted by Gasteiger charge is -2.32. The van der Waals surface area contributed by atoms with Crippen LogP contribution in [-0.2, 0) is 24.3 Å². The van der Waals surface area contributed by atoms with Gasteiger partial charge in [-0.05, 0) is 80.1 Å². The number of nitrogens with one attached hydrogen (secondary N) is 1. The lowest BCUT2D eigenvalue weighted by Crippen LogP contribution is -2.44. The van der Waals surface area contributed by atoms with E-state index in [4.69, 9.17) is 5.10 Å². The van der Waals surface area contributed by atoms with Crippen LogP contribution in [0.5, 0.6) is 0 Å². The fourth-order valence-electron chi connectivity index (χ4n) is 6.59. The summed E-state index contributed by atoms with van der Waals surface area (Å²) in [6, 6.07) is 18.6. The highest BCUT2D eigenvalue weighted by molar-refractivity contribution is 6.05. The molecule has 0 unspecified atom stereocenters. The van der Waals surface area contributed by atoms with Gasteiger partial charge in [-0.25, -0.2) is 0 Å². The molecule has 3 aliphatic rings. The van der Waals surface area contributed by atoms with Crippen LogP contribution in [0.4, 0.5) is 5.69 Å². The van der Waals surface area contributed by atoms with Gasteiger partial charge in [0.15, 0.2) is 5.69 Å². The van der Waals surface area contributed by atoms with Gasteiger partial charge in [0.2, 0.25) is 5.91 Å². The molecule has 1 saturated heterocycles. The number of carbonyl (C=O) groups excluding carboxylic acids is 2. The molecule has 1 saturated carbocycles. The maximum absolute atomic E-state index is 13.4. The van der Waals surface area contributed by atoms with E-state index in [2.05, 4.69) is 51.6 Å². The molecule has 1 aliphatic carbocycles. The number of fused-ring (bicyclic) bond motifs is 2. The van der Waals surface area contributed by atoms with Gasteiger partial charge < -0.3 is 10.2 Å². The van der Waals surface area contributed by atoms with Gasteiger partial charge in [0.05, 0.1) is 11.7 Å². The van der Waals surface area contributed by atoms with E-state index in [1.807, 2.05) is 46.4 Å². The summed E-state index contributed by atoms with van der Waals surface area (Å²) in [6.45, 7) is 4.35. The van der Waals surface area contributed by atoms with E-state index in [9.17, 15) is 9.59 Å². The minimum absolute atomic E-state index is 0.0718. The molecule has 4 heterocycles. The Kier molecular flexibility index (Phi) is 7.46. The number of benzene rings is 2. The fraction of sp³-hybridized carbons (Fsp3) is 0.412. The van der Waals surface area contributed by atoms with Crippen molar-refractivity contribution in [1.82, 2.24) is 25.0 Å². The van der Waals surface area contributed by atoms with Gasteiger partial charge >= 0.3 is 0 Å². The van der Waals surface area contributed by atoms with Crippen molar-refractivity contribution in [3.63, 3.8) is 0 Å². The monoisotopic (exact) mass is 562 g/mol. The molecule has 2 aromatic carbocycles. The zero-order valence-corrected chi connectivity index (χ0v) is 24.0. The van der Waals surface area contributed by atoms with Gasteiger partial charge in [0.25, 0.3) is 5.91 Å². The number of aryl methyl sites for hydroxylation is 1. The van der Waals surface area contributed by atoms with Gasteiger partial charge in [-0.15, -0.1) is 0 Å². The minimum Gasteiger partial charge on any atom is -0.346 e. The predicted molar refractivity (Wildman–Crippen MR) is 163 cm³/mol. The lowest BCUT2D eigenvalue weighted by atomic mass is 9.93. The number of amides is 2. The summed E-state index contributed by atoms with van der Waals surface area (Å²) in [5, 5.41) is 10.4. The van der Waals surface area contributed by atoms with Crippen molar-refractivity contribution in [2.75, 3.05) is 24.5 Å². The number of nitrogens with zero attached hydrogens (tertiary/aromatic N) is 5. The molecule has 8 heteroatoms. The first-order valence-electron chi connectivity index (χ1n) is 15.4. The van der Waals surface area contributed by atoms with Crippen LogP contribution in [-0.4, -0.2) is 57.2 Å². The number of likely N-dealkylation sites (tertiary alicyclic amines) is 1. The molecule has 1 N–H and O–H groups in total. The summed E-state index contributed by atoms with van der Waals surface area (Å²) in [5.74, 6) is 0.631. The number of hydrogen-bond acceptors (Lipinski definition) is 5. The third-order valence-electron chi connectivity index (χ3n) is 9.14. The third-order valence-corrected chi connectivity index (χ3v) is 9.14. The average molecular weight is 563 g/mol. The zero-order valence-electron chi connectivity index (χ0n) is 24.0. The Morgan fingerprint density at radius 3 is 2.62 bits per heavy atom. The van der Waals surface area contributed by atoms with Crippen LogP contribution < -0.4 is 10.2 Å². The Hall–Kier alpha value is -4.04. The second-order valence-electron chi connectivity index (χ2n) is 12.2. The van der Waals surface area contributed by atoms with Crippen LogP contribution in [0.2, 0.25) is 0 Å². The second-order valence-corrected chi connectivity index (χ2v) is 12.2. The van der Waals surface area contributed by atoms with E-state index >= 15 is 0 Å². The number of carbonyl (C=O) groups is 2. The molecule has 0 spiro atoms. The van der Waals surface area contributed by atoms with Crippen LogP contribution in [0.15, 0.2) is 73.2 Å². The number of pyridine rings is 1. The summed E-state index contributed by atoms with van der Waals surface area (Å²) in [4.78, 5) is 35.3. The van der Waals surface area contributed by atoms with E-state index in [1.54, 1.807) is 0 Å². The first kappa shape index (κ1) is 26.8. The molecule has 42 heavy (non-hydrogen) atoms. The molecule has 7 rings (SSSR count). The Balaban J connectivity index is 0.984. The predicted octanol–water partition coefficient (Wildman–Crippen LogP) is 4.83. The minimum atomic E-state index is -0.187. The van der Waals surface area contributed by atoms with Crippen molar-refractivity contribution in [1.29, 1.82) is 0 Å². The Labute approximate surface area is 246 Å². The first-order valence-corrected chi connectivity index (χ1v) is 15.4. The number of piperidine rings is 1. The highest BCUT2D eigenvalue weighted by Gasteiger charge is 2.39. The standard InChI is InChI=1S/C34H38N6O2/c41-33-32-31(40(34(42)26-9-10-26)22-29(36-33)19-25-5-2-1-3-6-25)23-39(37-32)18-14-24-12-16-38(17-13-24)21-28-8-4-7-27-20-35-15-11-30(27)28/h1-8,11,15,20,23-24,26,29H,9-10,12-14,16-19,21-22H2,(H,36,41)/t29-/m0/s1. The quantitative estimate of drug-likeness (QED) is 0.333. The van der Waals surface area contributed by atoms with Crippen molar-refractivity contribution < 1.29 is 9.59 Å². The van der Waals surface area contributed by atoms with Gasteiger partial charge in [-0.1, -0.05) is 48.5 Å². The molecular formula is C34H38N6O2. The smallest absolute Gasteiger partial charge is 0.274 e. The number of anilines is 1. The highest BCUT2D eigenvalue weighted by Crippen LogP contribution is 2.35. The average Bonchev–Trinajstić information content (AvgIpc) is 3.80. The van der Waals surface area contributed by atoms with Gasteiger partial charge in [-0.2, -0.15) is 5.10 Å². The van der Waals surface area contributed by atoms with Crippen molar-refractivity contribution in [2.45, 2.75) is 57.7 Å². The summed E-state index contributed by atoms with van der Waals surface area (Å²) in [6.07, 6.45) is 11.6. The molecule has 2 aromatic heterocycles. The lowest BCUT2D eigenvalue weighted by molar-refractivity contribution is -0.119. The topological polar surface area (TPSA) is 83.4 Å². The number of aromatic nitrogens is 3. The van der Waals surface area contributed by atoms with Gasteiger partial charge in [-0.3, -0.25) is 24.2 Å². The molecule has 2 amide bonds. The largest absolute Gasteiger partial charge is 0.346 e. The normalized spacial score (nSPS) is 19.9. The number of hydrogen-bond donors (Lipinski definition) is 1. The van der Waals surface area contributed by atoms with E-state index < -0.39 is 0 Å². The summed E-state index contributed by atoms with van der Waals surface area (Å²) >= 11 is 0. The highest BCUT2D eigenvalue weighted by atomic mass is 16.2. The summed E-state index contributed by atoms with van der Waals surface area (Å²) < 4.78 is 1.89. The van der Waals surface area contributed by atoms with E-state index in [1.165, 1.54) is 16.3 Å². The maximum Gasteiger partial charge on any atom is 0.274 e. The van der Waals surface area contributed by atoms with E-state index in [0.29, 0.717) is 30.3 Å². The molecule has 2 aliphatic heterocycles. The second kappa shape index (κ2) is 11.7. The molecule has 8 nitrogen and oxygen atoms in total. The van der Waals surface area contributed by atoms with Gasteiger partial charge in [0, 0.05) is 49.5 Å². The zero-order chi connectivity index (χ0) is 28.5. The van der Waals surface area contributed by atoms with Crippen molar-refractivity contribution in [2.24, 2.45) is 11.8 Å². The molecule has 0 radical (unpaired) electrons. The van der Waals surface area contributed by atoms with Crippen molar-refractivity contribution in [3.05, 3.63) is 90.0 Å². The first-order chi connectivity index (χ1) is 20.6. The third kappa shape index (κ3) is 5.81. The van der Waals surface area contributed by atoms with Crippen LogP contribution >= 0.6 is 0 Å². The Morgan fingerprint density at radius 1 is 0.976 bits per heavy atom.